The lowest BCUT2D eigenvalue weighted by atomic mass is 10.1. The predicted octanol–water partition coefficient (Wildman–Crippen LogP) is 1.14. The van der Waals surface area contributed by atoms with Crippen LogP contribution in [0.4, 0.5) is 5.69 Å². The molecule has 4 heteroatoms. The van der Waals surface area contributed by atoms with Gasteiger partial charge in [0.1, 0.15) is 0 Å². The lowest BCUT2D eigenvalue weighted by Gasteiger charge is -2.07. The van der Waals surface area contributed by atoms with Gasteiger partial charge in [-0.05, 0) is 30.2 Å². The van der Waals surface area contributed by atoms with Crippen molar-refractivity contribution in [2.24, 2.45) is 0 Å². The Balaban J connectivity index is 2.94. The molecule has 1 unspecified atom stereocenters. The van der Waals surface area contributed by atoms with Gasteiger partial charge in [-0.25, -0.2) is 0 Å². The molecule has 0 amide bonds. The molecular weight excluding hydrogens is 198 g/mol. The topological polar surface area (TPSA) is 66.2 Å². The number of carbonyl (C=O) groups is 1. The van der Waals surface area contributed by atoms with Gasteiger partial charge in [-0.1, -0.05) is 11.6 Å². The highest BCUT2D eigenvalue weighted by molar-refractivity contribution is 7.91. The minimum Gasteiger partial charge on any atom is -0.616 e. The first-order valence-electron chi connectivity index (χ1n) is 4.20. The summed E-state index contributed by atoms with van der Waals surface area (Å²) in [7, 11) is 0. The molecule has 0 spiro atoms. The van der Waals surface area contributed by atoms with Gasteiger partial charge in [0.2, 0.25) is 5.78 Å². The van der Waals surface area contributed by atoms with Crippen molar-refractivity contribution in [2.45, 2.75) is 6.92 Å². The molecule has 0 aliphatic carbocycles. The fraction of sp³-hybridized carbons (Fsp3) is 0.300. The molecule has 1 atom stereocenters. The molecular formula is C10H13NO2S. The van der Waals surface area contributed by atoms with Gasteiger partial charge in [-0.15, -0.1) is 0 Å². The quantitative estimate of drug-likeness (QED) is 0.463. The average Bonchev–Trinajstić information content (AvgIpc) is 2.08. The fourth-order valence-electron chi connectivity index (χ4n) is 1.17. The van der Waals surface area contributed by atoms with Crippen molar-refractivity contribution >= 4 is 22.6 Å². The van der Waals surface area contributed by atoms with Crippen LogP contribution < -0.4 is 5.73 Å². The zero-order valence-corrected chi connectivity index (χ0v) is 9.06. The molecule has 1 rings (SSSR count). The highest BCUT2D eigenvalue weighted by Gasteiger charge is 2.14. The number of ketones is 1. The van der Waals surface area contributed by atoms with E-state index in [0.717, 1.165) is 5.56 Å². The smallest absolute Gasteiger partial charge is 0.213 e. The first-order valence-corrected chi connectivity index (χ1v) is 5.93. The van der Waals surface area contributed by atoms with E-state index in [1.54, 1.807) is 12.1 Å². The summed E-state index contributed by atoms with van der Waals surface area (Å²) in [5.41, 5.74) is 7.55. The second kappa shape index (κ2) is 4.48. The fourth-order valence-corrected chi connectivity index (χ4v) is 1.70. The highest BCUT2D eigenvalue weighted by Crippen LogP contribution is 2.14. The molecule has 0 fully saturated rings. The van der Waals surface area contributed by atoms with Gasteiger partial charge in [0.05, 0.1) is 6.26 Å². The maximum Gasteiger partial charge on any atom is 0.213 e. The van der Waals surface area contributed by atoms with Gasteiger partial charge < -0.3 is 10.3 Å². The van der Waals surface area contributed by atoms with E-state index in [-0.39, 0.29) is 11.5 Å². The van der Waals surface area contributed by atoms with Crippen molar-refractivity contribution in [3.05, 3.63) is 29.3 Å². The number of carbonyl (C=O) groups excluding carboxylic acids is 1. The van der Waals surface area contributed by atoms with Crippen LogP contribution in [0, 0.1) is 6.92 Å². The maximum atomic E-state index is 11.6. The molecule has 0 aromatic heterocycles. The van der Waals surface area contributed by atoms with Gasteiger partial charge in [-0.2, -0.15) is 0 Å². The van der Waals surface area contributed by atoms with E-state index >= 15 is 0 Å². The molecule has 0 radical (unpaired) electrons. The first-order chi connectivity index (χ1) is 6.50. The number of nitrogens with two attached hydrogens (primary N) is 1. The van der Waals surface area contributed by atoms with Gasteiger partial charge >= 0.3 is 0 Å². The average molecular weight is 211 g/mol. The number of benzene rings is 1. The Morgan fingerprint density at radius 2 is 2.21 bits per heavy atom. The number of rotatable bonds is 3. The number of aryl methyl sites for hydroxylation is 1. The van der Waals surface area contributed by atoms with Crippen LogP contribution in [0.3, 0.4) is 0 Å². The van der Waals surface area contributed by atoms with Crippen LogP contribution in [0.5, 0.6) is 0 Å². The molecule has 0 bridgehead atoms. The third kappa shape index (κ3) is 2.75. The Bertz CT molecular complexity index is 350. The van der Waals surface area contributed by atoms with E-state index in [9.17, 15) is 9.35 Å². The minimum absolute atomic E-state index is 0.0354. The summed E-state index contributed by atoms with van der Waals surface area (Å²) in [5.74, 6) is -0.125. The molecule has 0 aliphatic rings. The van der Waals surface area contributed by atoms with Crippen LogP contribution in [0.1, 0.15) is 15.9 Å². The van der Waals surface area contributed by atoms with Crippen molar-refractivity contribution in [1.29, 1.82) is 0 Å². The van der Waals surface area contributed by atoms with E-state index < -0.39 is 11.2 Å². The molecule has 3 nitrogen and oxygen atoms in total. The van der Waals surface area contributed by atoms with Crippen molar-refractivity contribution < 1.29 is 9.35 Å². The second-order valence-corrected chi connectivity index (χ2v) is 4.67. The predicted molar refractivity (Wildman–Crippen MR) is 58.9 cm³/mol. The van der Waals surface area contributed by atoms with Crippen LogP contribution in [0.15, 0.2) is 18.2 Å². The Hall–Kier alpha value is -1.00. The first kappa shape index (κ1) is 11.1. The van der Waals surface area contributed by atoms with E-state index in [4.69, 9.17) is 5.73 Å². The Labute approximate surface area is 86.5 Å². The minimum atomic E-state index is -1.12. The molecule has 0 saturated heterocycles. The third-order valence-corrected chi connectivity index (χ3v) is 2.51. The van der Waals surface area contributed by atoms with E-state index in [0.29, 0.717) is 11.3 Å². The molecule has 1 aromatic rings. The molecule has 76 valence electrons. The van der Waals surface area contributed by atoms with Gasteiger partial charge in [0, 0.05) is 11.3 Å². The summed E-state index contributed by atoms with van der Waals surface area (Å²) in [6.07, 6.45) is 1.50. The lowest BCUT2D eigenvalue weighted by Crippen LogP contribution is -2.16. The number of hydrogen-bond acceptors (Lipinski definition) is 3. The highest BCUT2D eigenvalue weighted by atomic mass is 32.2. The molecule has 0 aliphatic heterocycles. The van der Waals surface area contributed by atoms with Crippen molar-refractivity contribution in [2.75, 3.05) is 17.7 Å². The van der Waals surface area contributed by atoms with Crippen LogP contribution in [0.2, 0.25) is 0 Å². The molecule has 14 heavy (non-hydrogen) atoms. The Morgan fingerprint density at radius 3 is 2.79 bits per heavy atom. The largest absolute Gasteiger partial charge is 0.616 e. The van der Waals surface area contributed by atoms with Crippen LogP contribution in [0.25, 0.3) is 0 Å². The summed E-state index contributed by atoms with van der Waals surface area (Å²) in [6, 6.07) is 5.26. The number of anilines is 1. The molecule has 2 N–H and O–H groups in total. The van der Waals surface area contributed by atoms with Crippen molar-refractivity contribution in [1.82, 2.24) is 0 Å². The van der Waals surface area contributed by atoms with Crippen molar-refractivity contribution in [3.63, 3.8) is 0 Å². The Kier molecular flexibility index (Phi) is 3.55. The zero-order chi connectivity index (χ0) is 10.7. The number of hydrogen-bond donors (Lipinski definition) is 1. The Morgan fingerprint density at radius 1 is 1.57 bits per heavy atom. The summed E-state index contributed by atoms with van der Waals surface area (Å²) in [4.78, 5) is 11.6. The monoisotopic (exact) mass is 211 g/mol. The SMILES string of the molecule is Cc1ccc(N)c(C(=O)C[S+](C)[O-])c1. The van der Waals surface area contributed by atoms with Gasteiger partial charge in [0.15, 0.2) is 5.75 Å². The standard InChI is InChI=1S/C10H13NO2S/c1-7-3-4-9(11)8(5-7)10(12)6-14(2)13/h3-5H,6,11H2,1-2H3. The third-order valence-electron chi connectivity index (χ3n) is 1.84. The zero-order valence-electron chi connectivity index (χ0n) is 8.24. The summed E-state index contributed by atoms with van der Waals surface area (Å²) >= 11 is -1.12. The van der Waals surface area contributed by atoms with E-state index in [1.807, 2.05) is 13.0 Å². The molecule has 1 aromatic carbocycles. The van der Waals surface area contributed by atoms with Crippen molar-refractivity contribution in [3.8, 4) is 0 Å². The van der Waals surface area contributed by atoms with Gasteiger partial charge in [0.25, 0.3) is 0 Å². The number of nitrogen functional groups attached to an aromatic ring is 1. The second-order valence-electron chi connectivity index (χ2n) is 3.23. The molecule has 0 saturated carbocycles. The van der Waals surface area contributed by atoms with Gasteiger partial charge in [-0.3, -0.25) is 4.79 Å². The van der Waals surface area contributed by atoms with Crippen LogP contribution in [-0.2, 0) is 11.2 Å². The summed E-state index contributed by atoms with van der Waals surface area (Å²) in [5, 5.41) is 0. The van der Waals surface area contributed by atoms with E-state index in [1.165, 1.54) is 6.26 Å². The normalized spacial score (nSPS) is 12.5. The summed E-state index contributed by atoms with van der Waals surface area (Å²) in [6.45, 7) is 1.89. The summed E-state index contributed by atoms with van der Waals surface area (Å²) < 4.78 is 10.9. The lowest BCUT2D eigenvalue weighted by molar-refractivity contribution is 0.102. The number of Topliss-reactive ketones (excluding diaryl/α,β-unsaturated/α-hetero) is 1. The van der Waals surface area contributed by atoms with Crippen LogP contribution in [-0.4, -0.2) is 22.3 Å². The van der Waals surface area contributed by atoms with E-state index in [2.05, 4.69) is 0 Å². The van der Waals surface area contributed by atoms with Crippen LogP contribution >= 0.6 is 0 Å². The molecule has 0 heterocycles. The maximum absolute atomic E-state index is 11.6.